The molecule has 11 heteroatoms. The summed E-state index contributed by atoms with van der Waals surface area (Å²) in [5, 5.41) is 23.0. The van der Waals surface area contributed by atoms with Crippen LogP contribution in [0.25, 0.3) is 0 Å². The second-order valence-electron chi connectivity index (χ2n) is 4.02. The molecule has 0 saturated carbocycles. The van der Waals surface area contributed by atoms with Gasteiger partial charge >= 0.3 is 5.82 Å². The number of amides is 1. The molecule has 0 fully saturated rings. The molecule has 2 aromatic heterocycles. The van der Waals surface area contributed by atoms with E-state index in [-0.39, 0.29) is 10.7 Å². The summed E-state index contributed by atoms with van der Waals surface area (Å²) in [7, 11) is 0. The zero-order valence-corrected chi connectivity index (χ0v) is 12.1. The minimum Gasteiger partial charge on any atom is -0.358 e. The number of nitrogens with zero attached hydrogens (tertiary/aromatic N) is 4. The Balaban J connectivity index is 1.83. The van der Waals surface area contributed by atoms with Crippen LogP contribution in [0.15, 0.2) is 12.4 Å². The Kier molecular flexibility index (Phi) is 4.76. The molecule has 0 aromatic carbocycles. The average molecular weight is 333 g/mol. The SMILES string of the molecule is O=C(NCCCn1cc(Cl)cn1)c1n[nH]c([N+](=O)[O-])c1Cl. The van der Waals surface area contributed by atoms with Gasteiger partial charge < -0.3 is 15.4 Å². The van der Waals surface area contributed by atoms with Crippen LogP contribution in [-0.4, -0.2) is 37.4 Å². The standard InChI is InChI=1S/C10H10Cl2N6O3/c11-6-4-14-17(5-6)3-1-2-13-10(19)8-7(12)9(16-15-8)18(20)21/h4-5H,1-3H2,(H,13,19)(H,15,16). The Morgan fingerprint density at radius 3 is 2.86 bits per heavy atom. The van der Waals surface area contributed by atoms with Crippen molar-refractivity contribution < 1.29 is 9.72 Å². The maximum absolute atomic E-state index is 11.8. The van der Waals surface area contributed by atoms with Gasteiger partial charge in [0.25, 0.3) is 5.91 Å². The number of halogens is 2. The Hall–Kier alpha value is -2.13. The molecule has 0 spiro atoms. The molecule has 2 rings (SSSR count). The molecule has 0 aliphatic heterocycles. The number of aromatic nitrogens is 4. The van der Waals surface area contributed by atoms with E-state index in [0.29, 0.717) is 24.5 Å². The highest BCUT2D eigenvalue weighted by molar-refractivity contribution is 6.35. The van der Waals surface area contributed by atoms with E-state index in [1.807, 2.05) is 0 Å². The van der Waals surface area contributed by atoms with Crippen LogP contribution in [0.3, 0.4) is 0 Å². The molecule has 0 atom stereocenters. The van der Waals surface area contributed by atoms with Crippen molar-refractivity contribution in [3.05, 3.63) is 38.2 Å². The molecule has 0 aliphatic rings. The highest BCUT2D eigenvalue weighted by atomic mass is 35.5. The van der Waals surface area contributed by atoms with Crippen LogP contribution in [0.2, 0.25) is 10.0 Å². The van der Waals surface area contributed by atoms with Crippen LogP contribution in [0.5, 0.6) is 0 Å². The molecule has 2 N–H and O–H groups in total. The number of rotatable bonds is 6. The molecule has 2 aromatic rings. The second kappa shape index (κ2) is 6.55. The Morgan fingerprint density at radius 1 is 1.52 bits per heavy atom. The van der Waals surface area contributed by atoms with Crippen molar-refractivity contribution in [1.82, 2.24) is 25.3 Å². The predicted octanol–water partition coefficient (Wildman–Crippen LogP) is 1.64. The molecular weight excluding hydrogens is 323 g/mol. The van der Waals surface area contributed by atoms with Crippen LogP contribution >= 0.6 is 23.2 Å². The van der Waals surface area contributed by atoms with Gasteiger partial charge in [-0.25, -0.2) is 0 Å². The monoisotopic (exact) mass is 332 g/mol. The minimum absolute atomic E-state index is 0.203. The molecule has 112 valence electrons. The van der Waals surface area contributed by atoms with Crippen LogP contribution in [0.1, 0.15) is 16.9 Å². The van der Waals surface area contributed by atoms with E-state index in [1.54, 1.807) is 10.9 Å². The molecule has 0 saturated heterocycles. The molecule has 9 nitrogen and oxygen atoms in total. The normalized spacial score (nSPS) is 10.6. The van der Waals surface area contributed by atoms with Crippen molar-refractivity contribution in [3.8, 4) is 0 Å². The zero-order valence-electron chi connectivity index (χ0n) is 10.5. The third-order valence-corrected chi connectivity index (χ3v) is 3.09. The molecule has 0 unspecified atom stereocenters. The number of hydrogen-bond donors (Lipinski definition) is 2. The van der Waals surface area contributed by atoms with E-state index in [1.165, 1.54) is 6.20 Å². The average Bonchev–Trinajstić information content (AvgIpc) is 3.00. The van der Waals surface area contributed by atoms with Gasteiger partial charge in [-0.3, -0.25) is 9.48 Å². The third kappa shape index (κ3) is 3.70. The summed E-state index contributed by atoms with van der Waals surface area (Å²) >= 11 is 11.4. The highest BCUT2D eigenvalue weighted by Gasteiger charge is 2.24. The van der Waals surface area contributed by atoms with Crippen molar-refractivity contribution in [2.75, 3.05) is 6.54 Å². The van der Waals surface area contributed by atoms with E-state index in [0.717, 1.165) is 0 Å². The third-order valence-electron chi connectivity index (χ3n) is 2.54. The fourth-order valence-electron chi connectivity index (χ4n) is 1.58. The summed E-state index contributed by atoms with van der Waals surface area (Å²) < 4.78 is 1.64. The molecule has 2 heterocycles. The molecule has 0 radical (unpaired) electrons. The largest absolute Gasteiger partial charge is 0.362 e. The summed E-state index contributed by atoms with van der Waals surface area (Å²) in [4.78, 5) is 21.6. The van der Waals surface area contributed by atoms with Gasteiger partial charge in [0.2, 0.25) is 0 Å². The zero-order chi connectivity index (χ0) is 15.4. The van der Waals surface area contributed by atoms with Gasteiger partial charge in [-0.2, -0.15) is 5.10 Å². The van der Waals surface area contributed by atoms with Gasteiger partial charge in [0.1, 0.15) is 0 Å². The van der Waals surface area contributed by atoms with Gasteiger partial charge in [-0.15, -0.1) is 5.10 Å². The first-order valence-electron chi connectivity index (χ1n) is 5.83. The molecule has 0 aliphatic carbocycles. The van der Waals surface area contributed by atoms with Gasteiger partial charge in [0.05, 0.1) is 11.2 Å². The summed E-state index contributed by atoms with van der Waals surface area (Å²) in [6.07, 6.45) is 3.79. The Labute approximate surface area is 128 Å². The first kappa shape index (κ1) is 15.3. The number of nitrogens with one attached hydrogen (secondary N) is 2. The van der Waals surface area contributed by atoms with Gasteiger partial charge in [-0.05, 0) is 11.3 Å². The Bertz CT molecular complexity index is 668. The molecule has 1 amide bonds. The number of hydrogen-bond acceptors (Lipinski definition) is 5. The Morgan fingerprint density at radius 2 is 2.29 bits per heavy atom. The summed E-state index contributed by atoms with van der Waals surface area (Å²) in [6, 6.07) is 0. The van der Waals surface area contributed by atoms with Crippen molar-refractivity contribution >= 4 is 34.9 Å². The quantitative estimate of drug-likeness (QED) is 0.473. The summed E-state index contributed by atoms with van der Waals surface area (Å²) in [5.74, 6) is -1.09. The van der Waals surface area contributed by atoms with Crippen LogP contribution in [0.4, 0.5) is 5.82 Å². The van der Waals surface area contributed by atoms with Gasteiger partial charge in [-0.1, -0.05) is 28.3 Å². The lowest BCUT2D eigenvalue weighted by Crippen LogP contribution is -2.26. The number of carbonyl (C=O) groups excluding carboxylic acids is 1. The fourth-order valence-corrected chi connectivity index (χ4v) is 1.97. The fraction of sp³-hybridized carbons (Fsp3) is 0.300. The van der Waals surface area contributed by atoms with E-state index in [2.05, 4.69) is 20.6 Å². The van der Waals surface area contributed by atoms with Crippen molar-refractivity contribution in [1.29, 1.82) is 0 Å². The maximum Gasteiger partial charge on any atom is 0.362 e. The lowest BCUT2D eigenvalue weighted by Gasteiger charge is -2.03. The van der Waals surface area contributed by atoms with Gasteiger partial charge in [0.15, 0.2) is 10.7 Å². The van der Waals surface area contributed by atoms with E-state index >= 15 is 0 Å². The van der Waals surface area contributed by atoms with E-state index in [9.17, 15) is 14.9 Å². The minimum atomic E-state index is -0.742. The second-order valence-corrected chi connectivity index (χ2v) is 4.84. The summed E-state index contributed by atoms with van der Waals surface area (Å²) in [6.45, 7) is 0.911. The van der Waals surface area contributed by atoms with Crippen LogP contribution in [0, 0.1) is 10.1 Å². The number of carbonyl (C=O) groups is 1. The maximum atomic E-state index is 11.8. The van der Waals surface area contributed by atoms with Crippen LogP contribution < -0.4 is 5.32 Å². The lowest BCUT2D eigenvalue weighted by atomic mass is 10.3. The molecule has 21 heavy (non-hydrogen) atoms. The van der Waals surface area contributed by atoms with E-state index in [4.69, 9.17) is 23.2 Å². The van der Waals surface area contributed by atoms with Crippen molar-refractivity contribution in [2.24, 2.45) is 0 Å². The first-order chi connectivity index (χ1) is 9.99. The smallest absolute Gasteiger partial charge is 0.358 e. The predicted molar refractivity (Wildman–Crippen MR) is 74.4 cm³/mol. The topological polar surface area (TPSA) is 119 Å². The molecule has 0 bridgehead atoms. The summed E-state index contributed by atoms with van der Waals surface area (Å²) in [5.41, 5.74) is -0.203. The number of aryl methyl sites for hydroxylation is 1. The lowest BCUT2D eigenvalue weighted by molar-refractivity contribution is -0.389. The van der Waals surface area contributed by atoms with Crippen LogP contribution in [-0.2, 0) is 6.54 Å². The van der Waals surface area contributed by atoms with E-state index < -0.39 is 16.6 Å². The van der Waals surface area contributed by atoms with Gasteiger partial charge in [0, 0.05) is 19.3 Å². The van der Waals surface area contributed by atoms with Crippen molar-refractivity contribution in [3.63, 3.8) is 0 Å². The highest BCUT2D eigenvalue weighted by Crippen LogP contribution is 2.24. The molecular formula is C10H10Cl2N6O3. The number of aromatic amines is 1. The first-order valence-corrected chi connectivity index (χ1v) is 6.59. The number of H-pyrrole nitrogens is 1. The number of nitro groups is 1. The van der Waals surface area contributed by atoms with Crippen molar-refractivity contribution in [2.45, 2.75) is 13.0 Å².